The molecule has 2 nitrogen and oxygen atoms in total. The quantitative estimate of drug-likeness (QED) is 0.499. The van der Waals surface area contributed by atoms with Crippen LogP contribution in [0.25, 0.3) is 0 Å². The molecule has 0 fully saturated rings. The van der Waals surface area contributed by atoms with E-state index in [9.17, 15) is 0 Å². The number of aliphatic imine (C=N–C) groups is 1. The Balaban J connectivity index is 4.98. The van der Waals surface area contributed by atoms with Gasteiger partial charge in [0.15, 0.2) is 0 Å². The van der Waals surface area contributed by atoms with Crippen LogP contribution < -0.4 is 0 Å². The zero-order valence-corrected chi connectivity index (χ0v) is 10.7. The lowest BCUT2D eigenvalue weighted by molar-refractivity contribution is 0.611. The van der Waals surface area contributed by atoms with Crippen LogP contribution in [0.2, 0.25) is 0 Å². The highest BCUT2D eigenvalue weighted by atomic mass is 15.1. The van der Waals surface area contributed by atoms with E-state index in [1.807, 2.05) is 25.9 Å². The third-order valence-corrected chi connectivity index (χ3v) is 2.44. The molecule has 82 valence electrons. The molecule has 0 aliphatic carbocycles. The molecule has 0 spiro atoms. The number of nitrogens with zero attached hydrogens (tertiary/aromatic N) is 2. The molecule has 0 radical (unpaired) electrons. The maximum absolute atomic E-state index is 4.67. The molecule has 0 bridgehead atoms. The van der Waals surface area contributed by atoms with Crippen molar-refractivity contribution in [2.45, 2.75) is 41.0 Å². The minimum Gasteiger partial charge on any atom is -0.366 e. The molecule has 0 aromatic heterocycles. The lowest BCUT2D eigenvalue weighted by Crippen LogP contribution is -2.19. The van der Waals surface area contributed by atoms with Crippen LogP contribution in [0.5, 0.6) is 0 Å². The van der Waals surface area contributed by atoms with Crippen molar-refractivity contribution in [3.63, 3.8) is 0 Å². The molecule has 0 atom stereocenters. The summed E-state index contributed by atoms with van der Waals surface area (Å²) in [6, 6.07) is 0. The van der Waals surface area contributed by atoms with Crippen LogP contribution >= 0.6 is 0 Å². The van der Waals surface area contributed by atoms with E-state index >= 15 is 0 Å². The first-order valence-electron chi connectivity index (χ1n) is 5.32. The highest BCUT2D eigenvalue weighted by Gasteiger charge is 2.06. The summed E-state index contributed by atoms with van der Waals surface area (Å²) in [4.78, 5) is 6.72. The lowest BCUT2D eigenvalue weighted by atomic mass is 10.0. The molecule has 0 saturated heterocycles. The van der Waals surface area contributed by atoms with Gasteiger partial charge in [0.1, 0.15) is 5.84 Å². The summed E-state index contributed by atoms with van der Waals surface area (Å²) in [6.45, 7) is 10.8. The first-order chi connectivity index (χ1) is 6.40. The molecular weight excluding hydrogens is 172 g/mol. The van der Waals surface area contributed by atoms with Crippen LogP contribution in [0.1, 0.15) is 41.0 Å². The third kappa shape index (κ3) is 3.95. The van der Waals surface area contributed by atoms with Crippen molar-refractivity contribution in [1.29, 1.82) is 0 Å². The van der Waals surface area contributed by atoms with Gasteiger partial charge in [-0.25, -0.2) is 4.99 Å². The summed E-state index contributed by atoms with van der Waals surface area (Å²) in [7, 11) is 4.05. The van der Waals surface area contributed by atoms with Crippen LogP contribution in [-0.4, -0.2) is 24.8 Å². The van der Waals surface area contributed by atoms with Gasteiger partial charge < -0.3 is 4.90 Å². The van der Waals surface area contributed by atoms with Gasteiger partial charge in [-0.15, -0.1) is 0 Å². The number of rotatable bonds is 3. The monoisotopic (exact) mass is 196 g/mol. The van der Waals surface area contributed by atoms with Gasteiger partial charge in [0, 0.05) is 19.8 Å². The number of hydrogen-bond donors (Lipinski definition) is 0. The Morgan fingerprint density at radius 3 is 2.00 bits per heavy atom. The predicted octanol–water partition coefficient (Wildman–Crippen LogP) is 3.31. The van der Waals surface area contributed by atoms with Crippen molar-refractivity contribution < 1.29 is 0 Å². The second kappa shape index (κ2) is 5.84. The van der Waals surface area contributed by atoms with Gasteiger partial charge in [-0.2, -0.15) is 0 Å². The van der Waals surface area contributed by atoms with E-state index in [0.29, 0.717) is 5.92 Å². The van der Waals surface area contributed by atoms with E-state index < -0.39 is 0 Å². The largest absolute Gasteiger partial charge is 0.366 e. The van der Waals surface area contributed by atoms with E-state index in [1.165, 1.54) is 11.3 Å². The summed E-state index contributed by atoms with van der Waals surface area (Å²) in [5.41, 5.74) is 2.62. The van der Waals surface area contributed by atoms with Gasteiger partial charge in [0.25, 0.3) is 0 Å². The van der Waals surface area contributed by atoms with Crippen molar-refractivity contribution in [2.24, 2.45) is 10.9 Å². The number of hydrogen-bond acceptors (Lipinski definition) is 1. The lowest BCUT2D eigenvalue weighted by Gasteiger charge is -2.16. The zero-order valence-electron chi connectivity index (χ0n) is 10.7. The average molecular weight is 196 g/mol. The fourth-order valence-electron chi connectivity index (χ4n) is 1.17. The van der Waals surface area contributed by atoms with Gasteiger partial charge >= 0.3 is 0 Å². The Hall–Kier alpha value is -0.790. The van der Waals surface area contributed by atoms with E-state index in [-0.39, 0.29) is 0 Å². The molecule has 0 N–H and O–H groups in total. The van der Waals surface area contributed by atoms with Crippen LogP contribution in [-0.2, 0) is 0 Å². The van der Waals surface area contributed by atoms with Crippen LogP contribution in [0.15, 0.2) is 16.3 Å². The summed E-state index contributed by atoms with van der Waals surface area (Å²) >= 11 is 0. The van der Waals surface area contributed by atoms with Crippen molar-refractivity contribution in [1.82, 2.24) is 4.90 Å². The highest BCUT2D eigenvalue weighted by Crippen LogP contribution is 2.18. The van der Waals surface area contributed by atoms with Gasteiger partial charge in [0.05, 0.1) is 0 Å². The Kier molecular flexibility index (Phi) is 5.51. The van der Waals surface area contributed by atoms with Crippen molar-refractivity contribution in [3.8, 4) is 0 Å². The van der Waals surface area contributed by atoms with Crippen LogP contribution in [0.3, 0.4) is 0 Å². The first kappa shape index (κ1) is 13.2. The Morgan fingerprint density at radius 1 is 1.21 bits per heavy atom. The minimum absolute atomic E-state index is 0.504. The number of amidine groups is 1. The molecule has 0 aromatic rings. The molecule has 0 saturated carbocycles. The predicted molar refractivity (Wildman–Crippen MR) is 64.6 cm³/mol. The maximum Gasteiger partial charge on any atom is 0.101 e. The third-order valence-electron chi connectivity index (χ3n) is 2.44. The summed E-state index contributed by atoms with van der Waals surface area (Å²) in [5, 5.41) is 0. The van der Waals surface area contributed by atoms with E-state index in [1.54, 1.807) is 0 Å². The van der Waals surface area contributed by atoms with Gasteiger partial charge in [0.2, 0.25) is 0 Å². The summed E-state index contributed by atoms with van der Waals surface area (Å²) in [5.74, 6) is 1.58. The molecule has 0 heterocycles. The Labute approximate surface area is 88.7 Å². The molecule has 0 aliphatic heterocycles. The Morgan fingerprint density at radius 2 is 1.71 bits per heavy atom. The highest BCUT2D eigenvalue weighted by molar-refractivity contribution is 5.80. The van der Waals surface area contributed by atoms with Gasteiger partial charge in [-0.3, -0.25) is 0 Å². The molecule has 14 heavy (non-hydrogen) atoms. The molecule has 0 rings (SSSR count). The molecular formula is C12H24N2. The smallest absolute Gasteiger partial charge is 0.101 e. The van der Waals surface area contributed by atoms with Crippen molar-refractivity contribution >= 4 is 5.84 Å². The summed E-state index contributed by atoms with van der Waals surface area (Å²) in [6.07, 6.45) is 1.08. The second-order valence-corrected chi connectivity index (χ2v) is 4.23. The summed E-state index contributed by atoms with van der Waals surface area (Å²) < 4.78 is 0. The maximum atomic E-state index is 4.67. The standard InChI is InChI=1S/C12H24N2/c1-8-10(4)12(9(2)3)13-11(5)14(6)7/h9H,8H2,1-7H3. The SMILES string of the molecule is CCC(C)=C(N=C(C)N(C)C)C(C)C. The first-order valence-corrected chi connectivity index (χ1v) is 5.32. The van der Waals surface area contributed by atoms with Gasteiger partial charge in [-0.1, -0.05) is 26.3 Å². The normalized spacial score (nSPS) is 14.4. The van der Waals surface area contributed by atoms with Gasteiger partial charge in [-0.05, 0) is 26.2 Å². The molecule has 0 unspecified atom stereocenters. The molecule has 0 aliphatic rings. The van der Waals surface area contributed by atoms with E-state index in [2.05, 4.69) is 32.7 Å². The zero-order chi connectivity index (χ0) is 11.3. The average Bonchev–Trinajstić information content (AvgIpc) is 2.11. The topological polar surface area (TPSA) is 15.6 Å². The molecule has 0 aromatic carbocycles. The molecule has 0 amide bonds. The fourth-order valence-corrected chi connectivity index (χ4v) is 1.17. The van der Waals surface area contributed by atoms with Crippen molar-refractivity contribution in [2.75, 3.05) is 14.1 Å². The number of allylic oxidation sites excluding steroid dienone is 2. The van der Waals surface area contributed by atoms with E-state index in [4.69, 9.17) is 0 Å². The van der Waals surface area contributed by atoms with Crippen LogP contribution in [0, 0.1) is 5.92 Å². The van der Waals surface area contributed by atoms with Crippen LogP contribution in [0.4, 0.5) is 0 Å². The second-order valence-electron chi connectivity index (χ2n) is 4.23. The molecule has 2 heteroatoms. The van der Waals surface area contributed by atoms with E-state index in [0.717, 1.165) is 12.3 Å². The fraction of sp³-hybridized carbons (Fsp3) is 0.750. The Bertz CT molecular complexity index is 235. The van der Waals surface area contributed by atoms with Crippen molar-refractivity contribution in [3.05, 3.63) is 11.3 Å². The minimum atomic E-state index is 0.504.